The van der Waals surface area contributed by atoms with Gasteiger partial charge in [0.25, 0.3) is 0 Å². The van der Waals surface area contributed by atoms with Gasteiger partial charge in [0.2, 0.25) is 5.91 Å². The summed E-state index contributed by atoms with van der Waals surface area (Å²) in [6.07, 6.45) is 0.356. The fourth-order valence-corrected chi connectivity index (χ4v) is 4.40. The SMILES string of the molecule is O=C(Nc1cccc(OCc2ccc(F)cc2)c1)C1CCS(=O)(=O)C1. The highest BCUT2D eigenvalue weighted by molar-refractivity contribution is 7.91. The van der Waals surface area contributed by atoms with Gasteiger partial charge < -0.3 is 10.1 Å². The van der Waals surface area contributed by atoms with Crippen molar-refractivity contribution in [2.75, 3.05) is 16.8 Å². The number of carbonyl (C=O) groups excluding carboxylic acids is 1. The Bertz CT molecular complexity index is 865. The highest BCUT2D eigenvalue weighted by Gasteiger charge is 2.32. The van der Waals surface area contributed by atoms with E-state index in [1.54, 1.807) is 36.4 Å². The number of hydrogen-bond donors (Lipinski definition) is 1. The molecule has 1 atom stereocenters. The van der Waals surface area contributed by atoms with Crippen molar-refractivity contribution in [2.45, 2.75) is 13.0 Å². The third-order valence-electron chi connectivity index (χ3n) is 4.02. The molecular formula is C18H18FNO4S. The van der Waals surface area contributed by atoms with E-state index in [4.69, 9.17) is 4.74 Å². The molecule has 1 saturated heterocycles. The lowest BCUT2D eigenvalue weighted by atomic mass is 10.1. The second-order valence-corrected chi connectivity index (χ2v) is 8.26. The van der Waals surface area contributed by atoms with E-state index in [-0.39, 0.29) is 29.8 Å². The van der Waals surface area contributed by atoms with E-state index in [9.17, 15) is 17.6 Å². The van der Waals surface area contributed by atoms with E-state index in [2.05, 4.69) is 5.32 Å². The molecule has 0 bridgehead atoms. The Morgan fingerprint density at radius 1 is 1.20 bits per heavy atom. The molecule has 0 spiro atoms. The summed E-state index contributed by atoms with van der Waals surface area (Å²) < 4.78 is 41.5. The van der Waals surface area contributed by atoms with Gasteiger partial charge in [0.15, 0.2) is 9.84 Å². The van der Waals surface area contributed by atoms with Crippen LogP contribution in [0.2, 0.25) is 0 Å². The molecule has 2 aromatic rings. The van der Waals surface area contributed by atoms with Gasteiger partial charge in [0.1, 0.15) is 18.2 Å². The second kappa shape index (κ2) is 7.23. The first-order valence-electron chi connectivity index (χ1n) is 7.90. The van der Waals surface area contributed by atoms with Gasteiger partial charge in [0.05, 0.1) is 17.4 Å². The van der Waals surface area contributed by atoms with Crippen molar-refractivity contribution in [3.63, 3.8) is 0 Å². The summed E-state index contributed by atoms with van der Waals surface area (Å²) in [6.45, 7) is 0.276. The summed E-state index contributed by atoms with van der Waals surface area (Å²) in [6, 6.07) is 12.9. The zero-order valence-corrected chi connectivity index (χ0v) is 14.3. The van der Waals surface area contributed by atoms with Crippen LogP contribution in [0.15, 0.2) is 48.5 Å². The Morgan fingerprint density at radius 3 is 2.64 bits per heavy atom. The van der Waals surface area contributed by atoms with Crippen molar-refractivity contribution in [3.05, 3.63) is 59.9 Å². The summed E-state index contributed by atoms with van der Waals surface area (Å²) in [4.78, 5) is 12.2. The first-order valence-corrected chi connectivity index (χ1v) is 9.72. The van der Waals surface area contributed by atoms with Gasteiger partial charge in [-0.3, -0.25) is 4.79 Å². The Labute approximate surface area is 145 Å². The number of amides is 1. The number of carbonyl (C=O) groups is 1. The van der Waals surface area contributed by atoms with E-state index < -0.39 is 15.8 Å². The molecule has 0 saturated carbocycles. The molecule has 1 aliphatic rings. The average molecular weight is 363 g/mol. The van der Waals surface area contributed by atoms with Crippen LogP contribution in [0, 0.1) is 11.7 Å². The summed E-state index contributed by atoms with van der Waals surface area (Å²) in [5, 5.41) is 2.73. The lowest BCUT2D eigenvalue weighted by molar-refractivity contribution is -0.119. The largest absolute Gasteiger partial charge is 0.489 e. The minimum absolute atomic E-state index is 0.0614. The molecule has 132 valence electrons. The minimum atomic E-state index is -3.10. The fraction of sp³-hybridized carbons (Fsp3) is 0.278. The van der Waals surface area contributed by atoms with Gasteiger partial charge in [-0.05, 0) is 36.2 Å². The monoisotopic (exact) mass is 363 g/mol. The van der Waals surface area contributed by atoms with Crippen molar-refractivity contribution >= 4 is 21.4 Å². The van der Waals surface area contributed by atoms with E-state index in [0.717, 1.165) is 5.56 Å². The van der Waals surface area contributed by atoms with Crippen molar-refractivity contribution in [1.29, 1.82) is 0 Å². The Morgan fingerprint density at radius 2 is 1.96 bits per heavy atom. The number of halogens is 1. The van der Waals surface area contributed by atoms with Gasteiger partial charge >= 0.3 is 0 Å². The normalized spacial score (nSPS) is 18.7. The molecule has 0 aliphatic carbocycles. The first-order chi connectivity index (χ1) is 11.9. The van der Waals surface area contributed by atoms with Crippen LogP contribution in [-0.4, -0.2) is 25.8 Å². The summed E-state index contributed by atoms with van der Waals surface area (Å²) >= 11 is 0. The van der Waals surface area contributed by atoms with Gasteiger partial charge in [-0.15, -0.1) is 0 Å². The van der Waals surface area contributed by atoms with Crippen molar-refractivity contribution in [3.8, 4) is 5.75 Å². The number of nitrogens with one attached hydrogen (secondary N) is 1. The minimum Gasteiger partial charge on any atom is -0.489 e. The summed E-state index contributed by atoms with van der Waals surface area (Å²) in [5.41, 5.74) is 1.37. The molecule has 1 aliphatic heterocycles. The summed E-state index contributed by atoms with van der Waals surface area (Å²) in [5.74, 6) is -0.583. The quantitative estimate of drug-likeness (QED) is 0.887. The number of hydrogen-bond acceptors (Lipinski definition) is 4. The number of anilines is 1. The van der Waals surface area contributed by atoms with Crippen LogP contribution in [0.1, 0.15) is 12.0 Å². The molecule has 1 N–H and O–H groups in total. The Balaban J connectivity index is 1.59. The molecule has 7 heteroatoms. The van der Waals surface area contributed by atoms with Crippen LogP contribution in [0.4, 0.5) is 10.1 Å². The maximum absolute atomic E-state index is 12.9. The smallest absolute Gasteiger partial charge is 0.228 e. The molecule has 1 heterocycles. The number of ether oxygens (including phenoxy) is 1. The molecule has 1 unspecified atom stereocenters. The molecule has 25 heavy (non-hydrogen) atoms. The molecule has 3 rings (SSSR count). The average Bonchev–Trinajstić information content (AvgIpc) is 2.95. The van der Waals surface area contributed by atoms with E-state index in [0.29, 0.717) is 17.9 Å². The van der Waals surface area contributed by atoms with Gasteiger partial charge in [-0.25, -0.2) is 12.8 Å². The molecule has 0 aromatic heterocycles. The Hall–Kier alpha value is -2.41. The lowest BCUT2D eigenvalue weighted by Crippen LogP contribution is -2.23. The van der Waals surface area contributed by atoms with E-state index in [1.165, 1.54) is 12.1 Å². The van der Waals surface area contributed by atoms with E-state index in [1.807, 2.05) is 0 Å². The predicted molar refractivity (Wildman–Crippen MR) is 92.6 cm³/mol. The highest BCUT2D eigenvalue weighted by atomic mass is 32.2. The molecular weight excluding hydrogens is 345 g/mol. The maximum Gasteiger partial charge on any atom is 0.228 e. The highest BCUT2D eigenvalue weighted by Crippen LogP contribution is 2.23. The number of benzene rings is 2. The first kappa shape index (κ1) is 17.4. The molecule has 0 radical (unpaired) electrons. The van der Waals surface area contributed by atoms with Gasteiger partial charge in [-0.2, -0.15) is 0 Å². The van der Waals surface area contributed by atoms with Crippen LogP contribution >= 0.6 is 0 Å². The topological polar surface area (TPSA) is 72.5 Å². The van der Waals surface area contributed by atoms with Crippen molar-refractivity contribution < 1.29 is 22.3 Å². The zero-order valence-electron chi connectivity index (χ0n) is 13.4. The number of rotatable bonds is 5. The van der Waals surface area contributed by atoms with Crippen LogP contribution in [0.5, 0.6) is 5.75 Å². The lowest BCUT2D eigenvalue weighted by Gasteiger charge is -2.11. The van der Waals surface area contributed by atoms with Crippen LogP contribution in [0.25, 0.3) is 0 Å². The van der Waals surface area contributed by atoms with Crippen LogP contribution in [0.3, 0.4) is 0 Å². The van der Waals surface area contributed by atoms with Crippen molar-refractivity contribution in [1.82, 2.24) is 0 Å². The molecule has 5 nitrogen and oxygen atoms in total. The van der Waals surface area contributed by atoms with Gasteiger partial charge in [-0.1, -0.05) is 18.2 Å². The zero-order chi connectivity index (χ0) is 17.9. The molecule has 2 aromatic carbocycles. The fourth-order valence-electron chi connectivity index (χ4n) is 2.66. The maximum atomic E-state index is 12.9. The third-order valence-corrected chi connectivity index (χ3v) is 5.79. The Kier molecular flexibility index (Phi) is 5.03. The summed E-state index contributed by atoms with van der Waals surface area (Å²) in [7, 11) is -3.10. The molecule has 1 amide bonds. The van der Waals surface area contributed by atoms with Crippen LogP contribution in [-0.2, 0) is 21.2 Å². The number of sulfone groups is 1. The van der Waals surface area contributed by atoms with Crippen molar-refractivity contribution in [2.24, 2.45) is 5.92 Å². The second-order valence-electron chi connectivity index (χ2n) is 6.03. The standard InChI is InChI=1S/C18H18FNO4S/c19-15-6-4-13(5-7-15)11-24-17-3-1-2-16(10-17)20-18(21)14-8-9-25(22,23)12-14/h1-7,10,14H,8-9,11-12H2,(H,20,21). The third kappa shape index (κ3) is 4.79. The molecule has 1 fully saturated rings. The van der Waals surface area contributed by atoms with Crippen LogP contribution < -0.4 is 10.1 Å². The van der Waals surface area contributed by atoms with E-state index >= 15 is 0 Å². The van der Waals surface area contributed by atoms with Gasteiger partial charge in [0, 0.05) is 11.8 Å². The predicted octanol–water partition coefficient (Wildman–Crippen LogP) is 2.78.